The van der Waals surface area contributed by atoms with Gasteiger partial charge in [-0.2, -0.15) is 0 Å². The third kappa shape index (κ3) is 3.21. The summed E-state index contributed by atoms with van der Waals surface area (Å²) in [5.74, 6) is 0.0855. The lowest BCUT2D eigenvalue weighted by Crippen LogP contribution is -2.36. The molecule has 4 rings (SSSR count). The van der Waals surface area contributed by atoms with Gasteiger partial charge in [0, 0.05) is 24.6 Å². The van der Waals surface area contributed by atoms with Crippen LogP contribution in [0.1, 0.15) is 47.1 Å². The Morgan fingerprint density at radius 1 is 1.27 bits per heavy atom. The highest BCUT2D eigenvalue weighted by Crippen LogP contribution is 2.46. The van der Waals surface area contributed by atoms with Crippen molar-refractivity contribution in [3.8, 4) is 10.4 Å². The highest BCUT2D eigenvalue weighted by Gasteiger charge is 2.31. The number of rotatable bonds is 5. The highest BCUT2D eigenvalue weighted by atomic mass is 32.1. The second kappa shape index (κ2) is 6.96. The van der Waals surface area contributed by atoms with Gasteiger partial charge in [0.05, 0.1) is 15.6 Å². The first-order chi connectivity index (χ1) is 12.6. The Bertz CT molecular complexity index is 825. The molecule has 7 heteroatoms. The molecule has 1 aliphatic carbocycles. The molecule has 2 heterocycles. The molecule has 0 atom stereocenters. The largest absolute Gasteiger partial charge is 0.369 e. The van der Waals surface area contributed by atoms with Crippen molar-refractivity contribution in [2.75, 3.05) is 24.5 Å². The highest BCUT2D eigenvalue weighted by molar-refractivity contribution is 7.15. The molecule has 0 spiro atoms. The quantitative estimate of drug-likeness (QED) is 0.842. The molecule has 1 saturated carbocycles. The van der Waals surface area contributed by atoms with Crippen molar-refractivity contribution in [3.63, 3.8) is 0 Å². The average Bonchev–Trinajstić information content (AvgIpc) is 3.40. The van der Waals surface area contributed by atoms with Crippen LogP contribution >= 0.6 is 11.3 Å². The van der Waals surface area contributed by atoms with Crippen molar-refractivity contribution < 1.29 is 9.18 Å². The van der Waals surface area contributed by atoms with E-state index in [4.69, 9.17) is 11.5 Å². The number of carbonyl (C=O) groups is 1. The van der Waals surface area contributed by atoms with Crippen LogP contribution in [0.2, 0.25) is 0 Å². The van der Waals surface area contributed by atoms with Gasteiger partial charge in [0.15, 0.2) is 0 Å². The SMILES string of the molecule is NCC1CCN(c2c(F)cccc2-c2sc(C3CC3)nc2C(N)=O)CC1. The number of primary amides is 1. The van der Waals surface area contributed by atoms with E-state index in [9.17, 15) is 9.18 Å². The predicted molar refractivity (Wildman–Crippen MR) is 102 cm³/mol. The number of hydrogen-bond acceptors (Lipinski definition) is 5. The lowest BCUT2D eigenvalue weighted by atomic mass is 9.96. The maximum absolute atomic E-state index is 14.8. The van der Waals surface area contributed by atoms with Crippen molar-refractivity contribution in [3.05, 3.63) is 34.7 Å². The van der Waals surface area contributed by atoms with E-state index in [2.05, 4.69) is 9.88 Å². The minimum Gasteiger partial charge on any atom is -0.369 e. The van der Waals surface area contributed by atoms with Crippen LogP contribution in [0.5, 0.6) is 0 Å². The van der Waals surface area contributed by atoms with E-state index >= 15 is 0 Å². The molecular weight excluding hydrogens is 351 g/mol. The van der Waals surface area contributed by atoms with Crippen molar-refractivity contribution in [2.24, 2.45) is 17.4 Å². The number of amides is 1. The Kier molecular flexibility index (Phi) is 4.67. The molecular formula is C19H23FN4OS. The third-order valence-electron chi connectivity index (χ3n) is 5.30. The van der Waals surface area contributed by atoms with Crippen LogP contribution in [0, 0.1) is 11.7 Å². The number of thiazole rings is 1. The van der Waals surface area contributed by atoms with Gasteiger partial charge < -0.3 is 16.4 Å². The van der Waals surface area contributed by atoms with Gasteiger partial charge >= 0.3 is 0 Å². The van der Waals surface area contributed by atoms with Crippen LogP contribution in [-0.4, -0.2) is 30.5 Å². The number of piperidine rings is 1. The summed E-state index contributed by atoms with van der Waals surface area (Å²) in [7, 11) is 0. The van der Waals surface area contributed by atoms with Crippen molar-refractivity contribution in [2.45, 2.75) is 31.6 Å². The van der Waals surface area contributed by atoms with E-state index < -0.39 is 5.91 Å². The molecule has 1 aromatic carbocycles. The fourth-order valence-corrected chi connectivity index (χ4v) is 4.87. The van der Waals surface area contributed by atoms with Gasteiger partial charge in [0.2, 0.25) is 0 Å². The summed E-state index contributed by atoms with van der Waals surface area (Å²) in [6, 6.07) is 5.02. The maximum atomic E-state index is 14.8. The molecule has 2 aromatic rings. The molecule has 5 nitrogen and oxygen atoms in total. The maximum Gasteiger partial charge on any atom is 0.268 e. The van der Waals surface area contributed by atoms with Crippen molar-refractivity contribution in [1.29, 1.82) is 0 Å². The zero-order valence-corrected chi connectivity index (χ0v) is 15.4. The first kappa shape index (κ1) is 17.4. The number of halogens is 1. The van der Waals surface area contributed by atoms with E-state index in [1.165, 1.54) is 17.4 Å². The number of para-hydroxylation sites is 1. The van der Waals surface area contributed by atoms with Crippen molar-refractivity contribution in [1.82, 2.24) is 4.98 Å². The lowest BCUT2D eigenvalue weighted by Gasteiger charge is -2.34. The summed E-state index contributed by atoms with van der Waals surface area (Å²) in [6.07, 6.45) is 4.08. The van der Waals surface area contributed by atoms with Gasteiger partial charge in [-0.25, -0.2) is 9.37 Å². The number of nitrogens with zero attached hydrogens (tertiary/aromatic N) is 2. The molecule has 138 valence electrons. The van der Waals surface area contributed by atoms with E-state index in [1.807, 2.05) is 6.07 Å². The fraction of sp³-hybridized carbons (Fsp3) is 0.474. The molecule has 4 N–H and O–H groups in total. The number of benzene rings is 1. The Labute approximate surface area is 156 Å². The Morgan fingerprint density at radius 3 is 2.62 bits per heavy atom. The topological polar surface area (TPSA) is 85.2 Å². The summed E-state index contributed by atoms with van der Waals surface area (Å²) in [4.78, 5) is 19.2. The number of hydrogen-bond donors (Lipinski definition) is 2. The van der Waals surface area contributed by atoms with Gasteiger partial charge in [-0.1, -0.05) is 12.1 Å². The lowest BCUT2D eigenvalue weighted by molar-refractivity contribution is 0.0996. The first-order valence-corrected chi connectivity index (χ1v) is 9.94. The molecule has 0 unspecified atom stereocenters. The zero-order valence-electron chi connectivity index (χ0n) is 14.6. The Balaban J connectivity index is 1.76. The predicted octanol–water partition coefficient (Wildman–Crippen LogP) is 3.10. The average molecular weight is 374 g/mol. The van der Waals surface area contributed by atoms with Crippen LogP contribution in [0.3, 0.4) is 0 Å². The van der Waals surface area contributed by atoms with E-state index in [0.717, 1.165) is 49.3 Å². The molecule has 2 fully saturated rings. The van der Waals surface area contributed by atoms with Crippen LogP contribution in [0.15, 0.2) is 18.2 Å². The first-order valence-electron chi connectivity index (χ1n) is 9.13. The molecule has 26 heavy (non-hydrogen) atoms. The monoisotopic (exact) mass is 374 g/mol. The summed E-state index contributed by atoms with van der Waals surface area (Å²) < 4.78 is 14.8. The van der Waals surface area contributed by atoms with Gasteiger partial charge in [-0.05, 0) is 44.2 Å². The summed E-state index contributed by atoms with van der Waals surface area (Å²) in [5.41, 5.74) is 12.9. The van der Waals surface area contributed by atoms with Gasteiger partial charge in [-0.3, -0.25) is 4.79 Å². The molecule has 0 bridgehead atoms. The van der Waals surface area contributed by atoms with Crippen LogP contribution in [-0.2, 0) is 0 Å². The Hall–Kier alpha value is -1.99. The fourth-order valence-electron chi connectivity index (χ4n) is 3.60. The molecule has 1 amide bonds. The Morgan fingerprint density at radius 2 is 2.00 bits per heavy atom. The molecule has 1 aliphatic heterocycles. The van der Waals surface area contributed by atoms with E-state index in [0.29, 0.717) is 28.9 Å². The van der Waals surface area contributed by atoms with Gasteiger partial charge in [-0.15, -0.1) is 11.3 Å². The number of carbonyl (C=O) groups excluding carboxylic acids is 1. The minimum atomic E-state index is -0.555. The number of aromatic nitrogens is 1. The minimum absolute atomic E-state index is 0.264. The normalized spacial score (nSPS) is 18.3. The number of nitrogens with two attached hydrogens (primary N) is 2. The van der Waals surface area contributed by atoms with Crippen LogP contribution < -0.4 is 16.4 Å². The summed E-state index contributed by atoms with van der Waals surface area (Å²) in [5, 5.41) is 0.936. The van der Waals surface area contributed by atoms with E-state index in [1.54, 1.807) is 6.07 Å². The standard InChI is InChI=1S/C19H23FN4OS/c20-14-3-1-2-13(16(14)24-8-6-11(10-21)7-9-24)17-15(18(22)25)23-19(26-17)12-4-5-12/h1-3,11-12H,4-10,21H2,(H2,22,25). The van der Waals surface area contributed by atoms with Crippen LogP contribution in [0.25, 0.3) is 10.4 Å². The van der Waals surface area contributed by atoms with Crippen LogP contribution in [0.4, 0.5) is 10.1 Å². The summed E-state index contributed by atoms with van der Waals surface area (Å²) >= 11 is 1.48. The molecule has 1 aromatic heterocycles. The molecule has 2 aliphatic rings. The third-order valence-corrected chi connectivity index (χ3v) is 6.55. The summed E-state index contributed by atoms with van der Waals surface area (Å²) in [6.45, 7) is 2.19. The number of anilines is 1. The molecule has 1 saturated heterocycles. The van der Waals surface area contributed by atoms with E-state index in [-0.39, 0.29) is 11.5 Å². The smallest absolute Gasteiger partial charge is 0.268 e. The van der Waals surface area contributed by atoms with Gasteiger partial charge in [0.1, 0.15) is 11.5 Å². The second-order valence-corrected chi connectivity index (χ2v) is 8.20. The second-order valence-electron chi connectivity index (χ2n) is 7.17. The molecule has 0 radical (unpaired) electrons. The van der Waals surface area contributed by atoms with Gasteiger partial charge in [0.25, 0.3) is 5.91 Å². The van der Waals surface area contributed by atoms with Crippen molar-refractivity contribution >= 4 is 22.9 Å². The zero-order chi connectivity index (χ0) is 18.3.